The van der Waals surface area contributed by atoms with Crippen LogP contribution in [0, 0.1) is 0 Å². The van der Waals surface area contributed by atoms with Crippen LogP contribution in [-0.2, 0) is 6.54 Å². The molecule has 1 aromatic rings. The van der Waals surface area contributed by atoms with Gasteiger partial charge in [-0.15, -0.1) is 0 Å². The van der Waals surface area contributed by atoms with Gasteiger partial charge in [0.05, 0.1) is 7.11 Å². The highest BCUT2D eigenvalue weighted by Gasteiger charge is 2.00. The third-order valence-corrected chi connectivity index (χ3v) is 1.65. The topological polar surface area (TPSA) is 41.5 Å². The van der Waals surface area contributed by atoms with Gasteiger partial charge in [0.15, 0.2) is 0 Å². The van der Waals surface area contributed by atoms with Crippen molar-refractivity contribution in [1.29, 1.82) is 0 Å². The van der Waals surface area contributed by atoms with Crippen LogP contribution in [0.5, 0.6) is 11.5 Å². The highest BCUT2D eigenvalue weighted by atomic mass is 16.5. The van der Waals surface area contributed by atoms with E-state index in [1.165, 1.54) is 0 Å². The minimum atomic E-state index is 0.296. The van der Waals surface area contributed by atoms with Gasteiger partial charge in [0, 0.05) is 12.1 Å². The highest BCUT2D eigenvalue weighted by molar-refractivity contribution is 5.39. The molecule has 0 amide bonds. The van der Waals surface area contributed by atoms with Crippen molar-refractivity contribution >= 4 is 0 Å². The van der Waals surface area contributed by atoms with Gasteiger partial charge in [-0.1, -0.05) is 0 Å². The van der Waals surface area contributed by atoms with Crippen molar-refractivity contribution in [2.75, 3.05) is 14.2 Å². The zero-order valence-corrected chi connectivity index (χ0v) is 7.29. The largest absolute Gasteiger partial charge is 0.508 e. The van der Waals surface area contributed by atoms with Gasteiger partial charge >= 0.3 is 0 Å². The van der Waals surface area contributed by atoms with Crippen LogP contribution in [0.3, 0.4) is 0 Å². The molecule has 0 heterocycles. The van der Waals surface area contributed by atoms with Gasteiger partial charge in [-0.05, 0) is 25.2 Å². The molecule has 0 atom stereocenters. The lowest BCUT2D eigenvalue weighted by Gasteiger charge is -2.05. The molecule has 0 bridgehead atoms. The SMILES string of the molecule is CNCc1cc(OC)ccc1O. The van der Waals surface area contributed by atoms with Crippen LogP contribution in [0.25, 0.3) is 0 Å². The molecular weight excluding hydrogens is 154 g/mol. The summed E-state index contributed by atoms with van der Waals surface area (Å²) >= 11 is 0. The Hall–Kier alpha value is -1.22. The molecule has 0 radical (unpaired) electrons. The Morgan fingerprint density at radius 3 is 2.83 bits per heavy atom. The van der Waals surface area contributed by atoms with E-state index in [-0.39, 0.29) is 0 Å². The molecule has 1 rings (SSSR count). The second-order valence-electron chi connectivity index (χ2n) is 2.52. The average molecular weight is 167 g/mol. The fraction of sp³-hybridized carbons (Fsp3) is 0.333. The third-order valence-electron chi connectivity index (χ3n) is 1.65. The van der Waals surface area contributed by atoms with E-state index >= 15 is 0 Å². The first kappa shape index (κ1) is 8.87. The van der Waals surface area contributed by atoms with E-state index in [9.17, 15) is 5.11 Å². The summed E-state index contributed by atoms with van der Waals surface area (Å²) in [7, 11) is 3.44. The standard InChI is InChI=1S/C9H13NO2/c1-10-6-7-5-8(12-2)3-4-9(7)11/h3-5,10-11H,6H2,1-2H3. The van der Waals surface area contributed by atoms with E-state index in [1.54, 1.807) is 19.2 Å². The third kappa shape index (κ3) is 1.89. The summed E-state index contributed by atoms with van der Waals surface area (Å²) in [5.74, 6) is 1.06. The predicted molar refractivity (Wildman–Crippen MR) is 47.4 cm³/mol. The number of ether oxygens (including phenoxy) is 1. The Labute approximate surface area is 72.0 Å². The van der Waals surface area contributed by atoms with E-state index in [4.69, 9.17) is 4.74 Å². The van der Waals surface area contributed by atoms with E-state index < -0.39 is 0 Å². The molecule has 66 valence electrons. The Morgan fingerprint density at radius 1 is 1.50 bits per heavy atom. The first-order chi connectivity index (χ1) is 5.77. The first-order valence-electron chi connectivity index (χ1n) is 3.78. The lowest BCUT2D eigenvalue weighted by atomic mass is 10.2. The summed E-state index contributed by atoms with van der Waals surface area (Å²) in [6, 6.07) is 5.17. The summed E-state index contributed by atoms with van der Waals surface area (Å²) in [6.45, 7) is 0.642. The van der Waals surface area contributed by atoms with E-state index in [2.05, 4.69) is 5.32 Å². The fourth-order valence-electron chi connectivity index (χ4n) is 1.02. The number of methoxy groups -OCH3 is 1. The minimum Gasteiger partial charge on any atom is -0.508 e. The van der Waals surface area contributed by atoms with Crippen LogP contribution in [0.1, 0.15) is 5.56 Å². The molecule has 0 fully saturated rings. The summed E-state index contributed by atoms with van der Waals surface area (Å²) in [6.07, 6.45) is 0. The Kier molecular flexibility index (Phi) is 2.94. The molecule has 0 saturated carbocycles. The number of nitrogens with one attached hydrogen (secondary N) is 1. The molecule has 0 aliphatic carbocycles. The van der Waals surface area contributed by atoms with Crippen molar-refractivity contribution in [2.24, 2.45) is 0 Å². The Bertz CT molecular complexity index is 261. The molecule has 3 nitrogen and oxygen atoms in total. The van der Waals surface area contributed by atoms with Crippen molar-refractivity contribution in [3.8, 4) is 11.5 Å². The van der Waals surface area contributed by atoms with E-state index in [1.807, 2.05) is 13.1 Å². The van der Waals surface area contributed by atoms with Crippen LogP contribution >= 0.6 is 0 Å². The molecule has 12 heavy (non-hydrogen) atoms. The number of rotatable bonds is 3. The van der Waals surface area contributed by atoms with E-state index in [0.717, 1.165) is 11.3 Å². The maximum atomic E-state index is 9.37. The van der Waals surface area contributed by atoms with Crippen molar-refractivity contribution in [1.82, 2.24) is 5.32 Å². The molecule has 0 saturated heterocycles. The number of phenols is 1. The maximum absolute atomic E-state index is 9.37. The normalized spacial score (nSPS) is 9.83. The predicted octanol–water partition coefficient (Wildman–Crippen LogP) is 1.12. The van der Waals surface area contributed by atoms with Gasteiger partial charge in [-0.3, -0.25) is 0 Å². The number of hydrogen-bond donors (Lipinski definition) is 2. The molecule has 0 spiro atoms. The summed E-state index contributed by atoms with van der Waals surface area (Å²) in [5, 5.41) is 12.3. The van der Waals surface area contributed by atoms with Crippen molar-refractivity contribution < 1.29 is 9.84 Å². The molecule has 0 aromatic heterocycles. The molecular formula is C9H13NO2. The van der Waals surface area contributed by atoms with Crippen LogP contribution in [0.15, 0.2) is 18.2 Å². The van der Waals surface area contributed by atoms with Crippen molar-refractivity contribution in [2.45, 2.75) is 6.54 Å². The molecule has 2 N–H and O–H groups in total. The van der Waals surface area contributed by atoms with Crippen LogP contribution in [0.4, 0.5) is 0 Å². The number of phenolic OH excluding ortho intramolecular Hbond substituents is 1. The summed E-state index contributed by atoms with van der Waals surface area (Å²) in [4.78, 5) is 0. The number of benzene rings is 1. The van der Waals surface area contributed by atoms with Gasteiger partial charge in [0.25, 0.3) is 0 Å². The summed E-state index contributed by atoms with van der Waals surface area (Å²) in [5.41, 5.74) is 0.844. The zero-order valence-electron chi connectivity index (χ0n) is 7.29. The second kappa shape index (κ2) is 3.97. The molecule has 1 aromatic carbocycles. The van der Waals surface area contributed by atoms with E-state index in [0.29, 0.717) is 12.3 Å². The molecule has 0 aliphatic rings. The number of aromatic hydroxyl groups is 1. The van der Waals surface area contributed by atoms with Gasteiger partial charge in [-0.25, -0.2) is 0 Å². The number of hydrogen-bond acceptors (Lipinski definition) is 3. The van der Waals surface area contributed by atoms with Gasteiger partial charge in [-0.2, -0.15) is 0 Å². The van der Waals surface area contributed by atoms with Crippen LogP contribution in [0.2, 0.25) is 0 Å². The zero-order chi connectivity index (χ0) is 8.97. The minimum absolute atomic E-state index is 0.296. The maximum Gasteiger partial charge on any atom is 0.120 e. The van der Waals surface area contributed by atoms with Crippen LogP contribution in [-0.4, -0.2) is 19.3 Å². The smallest absolute Gasteiger partial charge is 0.120 e. The highest BCUT2D eigenvalue weighted by Crippen LogP contribution is 2.22. The Morgan fingerprint density at radius 2 is 2.25 bits per heavy atom. The van der Waals surface area contributed by atoms with Crippen molar-refractivity contribution in [3.05, 3.63) is 23.8 Å². The fourth-order valence-corrected chi connectivity index (χ4v) is 1.02. The van der Waals surface area contributed by atoms with Crippen molar-refractivity contribution in [3.63, 3.8) is 0 Å². The molecule has 3 heteroatoms. The van der Waals surface area contributed by atoms with Gasteiger partial charge in [0.1, 0.15) is 11.5 Å². The van der Waals surface area contributed by atoms with Gasteiger partial charge in [0.2, 0.25) is 0 Å². The first-order valence-corrected chi connectivity index (χ1v) is 3.78. The molecule has 0 unspecified atom stereocenters. The average Bonchev–Trinajstić information content (AvgIpc) is 2.09. The Balaban J connectivity index is 2.91. The second-order valence-corrected chi connectivity index (χ2v) is 2.52. The van der Waals surface area contributed by atoms with Gasteiger partial charge < -0.3 is 15.2 Å². The quantitative estimate of drug-likeness (QED) is 0.708. The van der Waals surface area contributed by atoms with Crippen LogP contribution < -0.4 is 10.1 Å². The molecule has 0 aliphatic heterocycles. The lowest BCUT2D eigenvalue weighted by molar-refractivity contribution is 0.410. The summed E-state index contributed by atoms with van der Waals surface area (Å²) < 4.78 is 5.02. The lowest BCUT2D eigenvalue weighted by Crippen LogP contribution is -2.05. The monoisotopic (exact) mass is 167 g/mol.